The van der Waals surface area contributed by atoms with Crippen molar-refractivity contribution >= 4 is 0 Å². The fraction of sp³-hybridized carbons (Fsp3) is 0.412. The molecule has 0 aliphatic heterocycles. The zero-order chi connectivity index (χ0) is 14.2. The van der Waals surface area contributed by atoms with Crippen molar-refractivity contribution < 1.29 is 4.42 Å². The van der Waals surface area contributed by atoms with Gasteiger partial charge in [0.15, 0.2) is 0 Å². The lowest BCUT2D eigenvalue weighted by molar-refractivity contribution is 0.318. The Balaban J connectivity index is 1.58. The molecule has 0 saturated carbocycles. The van der Waals surface area contributed by atoms with Crippen LogP contribution in [-0.2, 0) is 13.1 Å². The topological polar surface area (TPSA) is 28.4 Å². The Bertz CT molecular complexity index is 493. The van der Waals surface area contributed by atoms with Crippen LogP contribution >= 0.6 is 0 Å². The third-order valence-electron chi connectivity index (χ3n) is 3.44. The normalized spacial score (nSPS) is 11.2. The number of hydrogen-bond donors (Lipinski definition) is 1. The molecule has 0 saturated heterocycles. The van der Waals surface area contributed by atoms with Crippen LogP contribution in [-0.4, -0.2) is 25.0 Å². The number of nitrogens with zero attached hydrogens (tertiary/aromatic N) is 1. The first-order valence-electron chi connectivity index (χ1n) is 7.22. The number of nitrogens with one attached hydrogen (secondary N) is 1. The van der Waals surface area contributed by atoms with Gasteiger partial charge in [-0.25, -0.2) is 0 Å². The molecule has 0 radical (unpaired) electrons. The molecule has 0 atom stereocenters. The molecule has 0 unspecified atom stereocenters. The van der Waals surface area contributed by atoms with E-state index >= 15 is 0 Å². The van der Waals surface area contributed by atoms with E-state index in [4.69, 9.17) is 4.42 Å². The molecule has 0 fully saturated rings. The molecule has 0 aliphatic rings. The maximum atomic E-state index is 5.40. The van der Waals surface area contributed by atoms with E-state index in [0.717, 1.165) is 38.4 Å². The Hall–Kier alpha value is -1.58. The molecule has 0 bridgehead atoms. The Kier molecular flexibility index (Phi) is 5.84. The van der Waals surface area contributed by atoms with Crippen molar-refractivity contribution in [1.82, 2.24) is 10.2 Å². The number of benzene rings is 1. The maximum absolute atomic E-state index is 5.40. The molecule has 1 heterocycles. The standard InChI is InChI=1S/C17H24N2O/c1-15-9-12-20-17(15)13-18-10-6-11-19(2)14-16-7-4-3-5-8-16/h3-5,7-9,12,18H,6,10-11,13-14H2,1-2H3. The highest BCUT2D eigenvalue weighted by atomic mass is 16.3. The monoisotopic (exact) mass is 272 g/mol. The second-order valence-electron chi connectivity index (χ2n) is 5.28. The average molecular weight is 272 g/mol. The van der Waals surface area contributed by atoms with Crippen molar-refractivity contribution in [3.63, 3.8) is 0 Å². The minimum Gasteiger partial charge on any atom is -0.468 e. The number of aryl methyl sites for hydroxylation is 1. The molecule has 0 spiro atoms. The Morgan fingerprint density at radius 1 is 1.15 bits per heavy atom. The molecule has 1 aromatic carbocycles. The van der Waals surface area contributed by atoms with E-state index in [1.54, 1.807) is 6.26 Å². The summed E-state index contributed by atoms with van der Waals surface area (Å²) in [6.07, 6.45) is 2.89. The van der Waals surface area contributed by atoms with Crippen molar-refractivity contribution in [3.05, 3.63) is 59.5 Å². The predicted molar refractivity (Wildman–Crippen MR) is 82.5 cm³/mol. The van der Waals surface area contributed by atoms with Gasteiger partial charge in [-0.05, 0) is 50.7 Å². The summed E-state index contributed by atoms with van der Waals surface area (Å²) in [5, 5.41) is 3.43. The minimum absolute atomic E-state index is 0.821. The summed E-state index contributed by atoms with van der Waals surface area (Å²) < 4.78 is 5.40. The second kappa shape index (κ2) is 7.88. The molecule has 20 heavy (non-hydrogen) atoms. The molecule has 2 rings (SSSR count). The van der Waals surface area contributed by atoms with Crippen molar-refractivity contribution in [3.8, 4) is 0 Å². The molecule has 2 aromatic rings. The minimum atomic E-state index is 0.821. The van der Waals surface area contributed by atoms with Crippen LogP contribution < -0.4 is 5.32 Å². The van der Waals surface area contributed by atoms with Crippen LogP contribution in [0.4, 0.5) is 0 Å². The highest BCUT2D eigenvalue weighted by Gasteiger charge is 2.02. The van der Waals surface area contributed by atoms with Crippen LogP contribution in [0.5, 0.6) is 0 Å². The van der Waals surface area contributed by atoms with E-state index in [2.05, 4.69) is 54.5 Å². The maximum Gasteiger partial charge on any atom is 0.120 e. The van der Waals surface area contributed by atoms with Gasteiger partial charge in [-0.2, -0.15) is 0 Å². The van der Waals surface area contributed by atoms with Crippen molar-refractivity contribution in [2.24, 2.45) is 0 Å². The van der Waals surface area contributed by atoms with Crippen LogP contribution in [0.15, 0.2) is 47.1 Å². The first-order chi connectivity index (χ1) is 9.75. The predicted octanol–water partition coefficient (Wildman–Crippen LogP) is 3.20. The lowest BCUT2D eigenvalue weighted by Crippen LogP contribution is -2.23. The van der Waals surface area contributed by atoms with Gasteiger partial charge in [0.05, 0.1) is 12.8 Å². The van der Waals surface area contributed by atoms with Crippen molar-refractivity contribution in [2.75, 3.05) is 20.1 Å². The third kappa shape index (κ3) is 4.83. The number of hydrogen-bond acceptors (Lipinski definition) is 3. The van der Waals surface area contributed by atoms with E-state index in [9.17, 15) is 0 Å². The van der Waals surface area contributed by atoms with Gasteiger partial charge in [-0.15, -0.1) is 0 Å². The fourth-order valence-electron chi connectivity index (χ4n) is 2.24. The van der Waals surface area contributed by atoms with Crippen molar-refractivity contribution in [2.45, 2.75) is 26.4 Å². The van der Waals surface area contributed by atoms with Crippen LogP contribution in [0.1, 0.15) is 23.3 Å². The number of rotatable bonds is 8. The molecule has 3 nitrogen and oxygen atoms in total. The van der Waals surface area contributed by atoms with Gasteiger partial charge in [0.25, 0.3) is 0 Å². The summed E-state index contributed by atoms with van der Waals surface area (Å²) in [5.74, 6) is 1.04. The number of furan rings is 1. The zero-order valence-electron chi connectivity index (χ0n) is 12.4. The Morgan fingerprint density at radius 2 is 1.95 bits per heavy atom. The lowest BCUT2D eigenvalue weighted by Gasteiger charge is -2.16. The summed E-state index contributed by atoms with van der Waals surface area (Å²) in [6.45, 7) is 6.02. The summed E-state index contributed by atoms with van der Waals surface area (Å²) in [6, 6.07) is 12.6. The third-order valence-corrected chi connectivity index (χ3v) is 3.44. The fourth-order valence-corrected chi connectivity index (χ4v) is 2.24. The van der Waals surface area contributed by atoms with E-state index in [1.165, 1.54) is 11.1 Å². The molecule has 1 aromatic heterocycles. The lowest BCUT2D eigenvalue weighted by atomic mass is 10.2. The van der Waals surface area contributed by atoms with Crippen LogP contribution in [0, 0.1) is 6.92 Å². The van der Waals surface area contributed by atoms with E-state index < -0.39 is 0 Å². The summed E-state index contributed by atoms with van der Waals surface area (Å²) >= 11 is 0. The molecule has 3 heteroatoms. The van der Waals surface area contributed by atoms with Gasteiger partial charge >= 0.3 is 0 Å². The SMILES string of the molecule is Cc1ccoc1CNCCCN(C)Cc1ccccc1. The van der Waals surface area contributed by atoms with Gasteiger partial charge in [-0.3, -0.25) is 0 Å². The molecular weight excluding hydrogens is 248 g/mol. The van der Waals surface area contributed by atoms with Gasteiger partial charge in [0, 0.05) is 6.54 Å². The van der Waals surface area contributed by atoms with Gasteiger partial charge in [-0.1, -0.05) is 30.3 Å². The highest BCUT2D eigenvalue weighted by molar-refractivity contribution is 5.14. The first kappa shape index (κ1) is 14.8. The van der Waals surface area contributed by atoms with E-state index in [-0.39, 0.29) is 0 Å². The van der Waals surface area contributed by atoms with E-state index in [0.29, 0.717) is 0 Å². The smallest absolute Gasteiger partial charge is 0.120 e. The van der Waals surface area contributed by atoms with Gasteiger partial charge in [0.2, 0.25) is 0 Å². The molecule has 0 aliphatic carbocycles. The Labute approximate surface area is 121 Å². The molecule has 1 N–H and O–H groups in total. The molecular formula is C17H24N2O. The van der Waals surface area contributed by atoms with Crippen LogP contribution in [0.2, 0.25) is 0 Å². The summed E-state index contributed by atoms with van der Waals surface area (Å²) in [7, 11) is 2.17. The highest BCUT2D eigenvalue weighted by Crippen LogP contribution is 2.07. The summed E-state index contributed by atoms with van der Waals surface area (Å²) in [5.41, 5.74) is 2.59. The second-order valence-corrected chi connectivity index (χ2v) is 5.28. The molecule has 0 amide bonds. The quantitative estimate of drug-likeness (QED) is 0.748. The Morgan fingerprint density at radius 3 is 2.65 bits per heavy atom. The zero-order valence-corrected chi connectivity index (χ0v) is 12.4. The van der Waals surface area contributed by atoms with Crippen LogP contribution in [0.25, 0.3) is 0 Å². The molecule has 108 valence electrons. The van der Waals surface area contributed by atoms with Gasteiger partial charge in [0.1, 0.15) is 5.76 Å². The van der Waals surface area contributed by atoms with Crippen LogP contribution in [0.3, 0.4) is 0 Å². The first-order valence-corrected chi connectivity index (χ1v) is 7.22. The van der Waals surface area contributed by atoms with Crippen molar-refractivity contribution in [1.29, 1.82) is 0 Å². The van der Waals surface area contributed by atoms with E-state index in [1.807, 2.05) is 6.07 Å². The summed E-state index contributed by atoms with van der Waals surface area (Å²) in [4.78, 5) is 2.36. The largest absolute Gasteiger partial charge is 0.468 e. The average Bonchev–Trinajstić information content (AvgIpc) is 2.85. The van der Waals surface area contributed by atoms with Gasteiger partial charge < -0.3 is 14.6 Å².